The number of carboxylic acid groups (broad SMARTS) is 1. The Labute approximate surface area is 87.9 Å². The van der Waals surface area contributed by atoms with Gasteiger partial charge in [-0.15, -0.1) is 0 Å². The summed E-state index contributed by atoms with van der Waals surface area (Å²) in [6.45, 7) is 2.09. The monoisotopic (exact) mass is 216 g/mol. The van der Waals surface area contributed by atoms with Crippen LogP contribution in [0.3, 0.4) is 0 Å². The standard InChI is InChI=1S/C9H16N2O4/c12-7(5-9(14)15)6-11-3-1-8(13)10-2-4-11/h7,12H,1-6H2,(H,10,13)(H,14,15). The van der Waals surface area contributed by atoms with Gasteiger partial charge >= 0.3 is 5.97 Å². The molecular formula is C9H16N2O4. The molecule has 6 nitrogen and oxygen atoms in total. The highest BCUT2D eigenvalue weighted by molar-refractivity contribution is 5.76. The van der Waals surface area contributed by atoms with E-state index in [0.717, 1.165) is 0 Å². The average Bonchev–Trinajstić information content (AvgIpc) is 2.29. The lowest BCUT2D eigenvalue weighted by Crippen LogP contribution is -2.36. The molecule has 0 aliphatic carbocycles. The van der Waals surface area contributed by atoms with E-state index in [2.05, 4.69) is 5.32 Å². The first-order valence-electron chi connectivity index (χ1n) is 4.97. The summed E-state index contributed by atoms with van der Waals surface area (Å²) in [4.78, 5) is 23.2. The third kappa shape index (κ3) is 4.75. The number of β-amino-alcohol motifs (C(OH)–C–C–N with tert-alkyl or cyclic N) is 1. The number of amides is 1. The van der Waals surface area contributed by atoms with Gasteiger partial charge in [0.1, 0.15) is 0 Å². The molecular weight excluding hydrogens is 200 g/mol. The van der Waals surface area contributed by atoms with Crippen molar-refractivity contribution in [1.82, 2.24) is 10.2 Å². The molecule has 1 aliphatic heterocycles. The van der Waals surface area contributed by atoms with Crippen molar-refractivity contribution >= 4 is 11.9 Å². The van der Waals surface area contributed by atoms with E-state index in [4.69, 9.17) is 5.11 Å². The predicted molar refractivity (Wildman–Crippen MR) is 52.3 cm³/mol. The Balaban J connectivity index is 2.30. The number of aliphatic hydroxyl groups is 1. The van der Waals surface area contributed by atoms with Crippen LogP contribution in [0.2, 0.25) is 0 Å². The number of aliphatic carboxylic acids is 1. The smallest absolute Gasteiger partial charge is 0.306 e. The fraction of sp³-hybridized carbons (Fsp3) is 0.778. The fourth-order valence-corrected chi connectivity index (χ4v) is 1.56. The maximum absolute atomic E-state index is 11.0. The van der Waals surface area contributed by atoms with Crippen molar-refractivity contribution in [2.24, 2.45) is 0 Å². The minimum absolute atomic E-state index is 0.00484. The third-order valence-electron chi connectivity index (χ3n) is 2.28. The van der Waals surface area contributed by atoms with Crippen LogP contribution in [0.4, 0.5) is 0 Å². The maximum Gasteiger partial charge on any atom is 0.306 e. The number of hydrogen-bond acceptors (Lipinski definition) is 4. The minimum atomic E-state index is -1.01. The van der Waals surface area contributed by atoms with Crippen molar-refractivity contribution in [3.05, 3.63) is 0 Å². The van der Waals surface area contributed by atoms with E-state index in [1.54, 1.807) is 0 Å². The van der Waals surface area contributed by atoms with Gasteiger partial charge in [-0.2, -0.15) is 0 Å². The van der Waals surface area contributed by atoms with Crippen LogP contribution < -0.4 is 5.32 Å². The Morgan fingerprint density at radius 2 is 2.27 bits per heavy atom. The number of carbonyl (C=O) groups excluding carboxylic acids is 1. The first-order valence-corrected chi connectivity index (χ1v) is 4.97. The van der Waals surface area contributed by atoms with Crippen LogP contribution in [0.15, 0.2) is 0 Å². The van der Waals surface area contributed by atoms with E-state index >= 15 is 0 Å². The van der Waals surface area contributed by atoms with Gasteiger partial charge in [-0.25, -0.2) is 0 Å². The zero-order valence-electron chi connectivity index (χ0n) is 8.48. The van der Waals surface area contributed by atoms with Crippen molar-refractivity contribution in [2.45, 2.75) is 18.9 Å². The highest BCUT2D eigenvalue weighted by Gasteiger charge is 2.17. The summed E-state index contributed by atoms with van der Waals surface area (Å²) >= 11 is 0. The van der Waals surface area contributed by atoms with Crippen LogP contribution in [0.25, 0.3) is 0 Å². The Morgan fingerprint density at radius 1 is 1.53 bits per heavy atom. The van der Waals surface area contributed by atoms with Crippen LogP contribution in [0.1, 0.15) is 12.8 Å². The molecule has 0 saturated carbocycles. The van der Waals surface area contributed by atoms with Gasteiger partial charge in [0.2, 0.25) is 5.91 Å². The van der Waals surface area contributed by atoms with E-state index in [1.165, 1.54) is 0 Å². The molecule has 0 aromatic rings. The second-order valence-electron chi connectivity index (χ2n) is 3.65. The molecule has 15 heavy (non-hydrogen) atoms. The highest BCUT2D eigenvalue weighted by Crippen LogP contribution is 2.00. The molecule has 0 spiro atoms. The Kier molecular flexibility index (Phi) is 4.51. The molecule has 6 heteroatoms. The lowest BCUT2D eigenvalue weighted by Gasteiger charge is -2.21. The van der Waals surface area contributed by atoms with Crippen molar-refractivity contribution in [1.29, 1.82) is 0 Å². The normalized spacial score (nSPS) is 20.5. The summed E-state index contributed by atoms with van der Waals surface area (Å²) in [5.74, 6) is -1.00. The summed E-state index contributed by atoms with van der Waals surface area (Å²) in [6, 6.07) is 0. The molecule has 1 rings (SSSR count). The quantitative estimate of drug-likeness (QED) is 0.540. The summed E-state index contributed by atoms with van der Waals surface area (Å²) < 4.78 is 0. The van der Waals surface area contributed by atoms with Crippen LogP contribution in [0, 0.1) is 0 Å². The second-order valence-corrected chi connectivity index (χ2v) is 3.65. The molecule has 1 atom stereocenters. The summed E-state index contributed by atoms with van der Waals surface area (Å²) in [6.07, 6.45) is -0.715. The van der Waals surface area contributed by atoms with Crippen molar-refractivity contribution in [2.75, 3.05) is 26.2 Å². The van der Waals surface area contributed by atoms with Gasteiger partial charge in [-0.1, -0.05) is 0 Å². The molecule has 3 N–H and O–H groups in total. The minimum Gasteiger partial charge on any atom is -0.481 e. The average molecular weight is 216 g/mol. The number of hydrogen-bond donors (Lipinski definition) is 3. The van der Waals surface area contributed by atoms with Crippen LogP contribution in [-0.2, 0) is 9.59 Å². The van der Waals surface area contributed by atoms with Gasteiger partial charge in [-0.3, -0.25) is 14.5 Å². The predicted octanol–water partition coefficient (Wildman–Crippen LogP) is -1.36. The Hall–Kier alpha value is -1.14. The van der Waals surface area contributed by atoms with Gasteiger partial charge in [0.05, 0.1) is 12.5 Å². The van der Waals surface area contributed by atoms with Gasteiger partial charge in [0.25, 0.3) is 0 Å². The molecule has 1 unspecified atom stereocenters. The van der Waals surface area contributed by atoms with Crippen LogP contribution in [0.5, 0.6) is 0 Å². The molecule has 1 amide bonds. The Bertz CT molecular complexity index is 244. The summed E-state index contributed by atoms with van der Waals surface area (Å²) in [7, 11) is 0. The number of carboxylic acids is 1. The molecule has 86 valence electrons. The largest absolute Gasteiger partial charge is 0.481 e. The molecule has 0 radical (unpaired) electrons. The molecule has 1 fully saturated rings. The van der Waals surface area contributed by atoms with E-state index < -0.39 is 12.1 Å². The summed E-state index contributed by atoms with van der Waals surface area (Å²) in [5, 5.41) is 20.6. The van der Waals surface area contributed by atoms with Gasteiger partial charge in [0.15, 0.2) is 0 Å². The summed E-state index contributed by atoms with van der Waals surface area (Å²) in [5.41, 5.74) is 0. The number of carbonyl (C=O) groups is 2. The lowest BCUT2D eigenvalue weighted by atomic mass is 10.2. The zero-order valence-corrected chi connectivity index (χ0v) is 8.48. The fourth-order valence-electron chi connectivity index (χ4n) is 1.56. The molecule has 0 aromatic heterocycles. The molecule has 1 aliphatic rings. The number of rotatable bonds is 4. The van der Waals surface area contributed by atoms with Crippen molar-refractivity contribution in [3.8, 4) is 0 Å². The third-order valence-corrected chi connectivity index (χ3v) is 2.28. The first-order chi connectivity index (χ1) is 7.08. The zero-order chi connectivity index (χ0) is 11.3. The Morgan fingerprint density at radius 3 is 2.93 bits per heavy atom. The van der Waals surface area contributed by atoms with E-state index in [0.29, 0.717) is 32.6 Å². The van der Waals surface area contributed by atoms with E-state index in [9.17, 15) is 14.7 Å². The topological polar surface area (TPSA) is 89.9 Å². The highest BCUT2D eigenvalue weighted by atomic mass is 16.4. The van der Waals surface area contributed by atoms with Gasteiger partial charge in [0, 0.05) is 32.6 Å². The van der Waals surface area contributed by atoms with E-state index in [-0.39, 0.29) is 12.3 Å². The first kappa shape index (κ1) is 11.9. The lowest BCUT2D eigenvalue weighted by molar-refractivity contribution is -0.139. The van der Waals surface area contributed by atoms with Gasteiger partial charge < -0.3 is 15.5 Å². The maximum atomic E-state index is 11.0. The van der Waals surface area contributed by atoms with E-state index in [1.807, 2.05) is 4.90 Å². The number of nitrogens with one attached hydrogen (secondary N) is 1. The van der Waals surface area contributed by atoms with Crippen molar-refractivity contribution in [3.63, 3.8) is 0 Å². The van der Waals surface area contributed by atoms with Gasteiger partial charge in [-0.05, 0) is 0 Å². The SMILES string of the molecule is O=C(O)CC(O)CN1CCNC(=O)CC1. The molecule has 0 aromatic carbocycles. The molecule has 0 bridgehead atoms. The van der Waals surface area contributed by atoms with Crippen LogP contribution in [-0.4, -0.2) is 59.3 Å². The van der Waals surface area contributed by atoms with Crippen molar-refractivity contribution < 1.29 is 19.8 Å². The second kappa shape index (κ2) is 5.67. The molecule has 1 heterocycles. The molecule has 1 saturated heterocycles. The van der Waals surface area contributed by atoms with Crippen LogP contribution >= 0.6 is 0 Å². The number of nitrogens with zero attached hydrogens (tertiary/aromatic N) is 1. The number of aliphatic hydroxyl groups excluding tert-OH is 1.